The van der Waals surface area contributed by atoms with Gasteiger partial charge in [-0.05, 0) is 6.07 Å². The number of hydrogen-bond acceptors (Lipinski definition) is 3. The quantitative estimate of drug-likeness (QED) is 0.740. The second-order valence-corrected chi connectivity index (χ2v) is 4.83. The average molecular weight is 275 g/mol. The highest BCUT2D eigenvalue weighted by Crippen LogP contribution is 2.46. The maximum atomic E-state index is 12.0. The molecule has 1 amide bonds. The molecule has 1 aliphatic heterocycles. The molecule has 0 saturated carbocycles. The van der Waals surface area contributed by atoms with E-state index in [0.717, 1.165) is 0 Å². The molecule has 2 rings (SSSR count). The first kappa shape index (κ1) is 12.3. The van der Waals surface area contributed by atoms with E-state index in [1.54, 1.807) is 14.0 Å². The number of ether oxygens (including phenoxy) is 1. The molecular weight excluding hydrogens is 263 g/mol. The zero-order valence-corrected chi connectivity index (χ0v) is 11.0. The summed E-state index contributed by atoms with van der Waals surface area (Å²) in [4.78, 5) is 13.4. The molecular formula is C11H12Cl2N2O2. The Hall–Kier alpha value is -1.13. The Balaban J connectivity index is 2.66. The van der Waals surface area contributed by atoms with E-state index >= 15 is 0 Å². The first-order valence-corrected chi connectivity index (χ1v) is 5.87. The average Bonchev–Trinajstić information content (AvgIpc) is 2.39. The van der Waals surface area contributed by atoms with Gasteiger partial charge in [-0.2, -0.15) is 0 Å². The van der Waals surface area contributed by atoms with Crippen LogP contribution >= 0.6 is 23.2 Å². The van der Waals surface area contributed by atoms with Gasteiger partial charge in [-0.25, -0.2) is 0 Å². The molecule has 0 fully saturated rings. The second-order valence-electron chi connectivity index (χ2n) is 4.05. The third-order valence-electron chi connectivity index (χ3n) is 2.74. The number of carbonyl (C=O) groups excluding carboxylic acids is 1. The molecule has 1 heterocycles. The molecule has 0 saturated heterocycles. The largest absolute Gasteiger partial charge is 0.489 e. The van der Waals surface area contributed by atoms with Gasteiger partial charge >= 0.3 is 0 Å². The molecule has 4 nitrogen and oxygen atoms in total. The van der Waals surface area contributed by atoms with Crippen LogP contribution in [0.3, 0.4) is 0 Å². The van der Waals surface area contributed by atoms with Crippen LogP contribution in [0.4, 0.5) is 11.4 Å². The summed E-state index contributed by atoms with van der Waals surface area (Å²) in [5, 5.41) is 0.644. The van der Waals surface area contributed by atoms with E-state index < -0.39 is 0 Å². The summed E-state index contributed by atoms with van der Waals surface area (Å²) in [5.41, 5.74) is 6.52. The maximum Gasteiger partial charge on any atom is 0.233 e. The third-order valence-corrected chi connectivity index (χ3v) is 3.42. The number of rotatable bonds is 0. The summed E-state index contributed by atoms with van der Waals surface area (Å²) < 4.78 is 5.54. The fourth-order valence-electron chi connectivity index (χ4n) is 1.78. The van der Waals surface area contributed by atoms with E-state index in [-0.39, 0.29) is 23.5 Å². The third kappa shape index (κ3) is 1.91. The fourth-order valence-corrected chi connectivity index (χ4v) is 2.31. The van der Waals surface area contributed by atoms with Crippen molar-refractivity contribution >= 4 is 40.5 Å². The molecule has 0 aliphatic carbocycles. The van der Waals surface area contributed by atoms with Gasteiger partial charge < -0.3 is 15.4 Å². The Morgan fingerprint density at radius 1 is 1.53 bits per heavy atom. The molecule has 0 spiro atoms. The van der Waals surface area contributed by atoms with Crippen molar-refractivity contribution in [2.24, 2.45) is 5.92 Å². The fraction of sp³-hybridized carbons (Fsp3) is 0.364. The van der Waals surface area contributed by atoms with Crippen molar-refractivity contribution in [3.63, 3.8) is 0 Å². The number of benzene rings is 1. The minimum Gasteiger partial charge on any atom is -0.489 e. The van der Waals surface area contributed by atoms with Gasteiger partial charge in [0.05, 0.1) is 23.2 Å². The summed E-state index contributed by atoms with van der Waals surface area (Å²) >= 11 is 12.2. The summed E-state index contributed by atoms with van der Waals surface area (Å²) in [6.45, 7) is 2.05. The van der Waals surface area contributed by atoms with Crippen molar-refractivity contribution in [1.29, 1.82) is 0 Å². The van der Waals surface area contributed by atoms with E-state index in [2.05, 4.69) is 0 Å². The Labute approximate surface area is 109 Å². The zero-order chi connectivity index (χ0) is 12.7. The van der Waals surface area contributed by atoms with Crippen molar-refractivity contribution in [2.75, 3.05) is 24.3 Å². The second kappa shape index (κ2) is 4.27. The van der Waals surface area contributed by atoms with Crippen LogP contribution < -0.4 is 15.4 Å². The molecule has 6 heteroatoms. The maximum absolute atomic E-state index is 12.0. The molecule has 1 unspecified atom stereocenters. The highest BCUT2D eigenvalue weighted by Gasteiger charge is 2.30. The number of halogens is 2. The van der Waals surface area contributed by atoms with Crippen LogP contribution in [0, 0.1) is 5.92 Å². The van der Waals surface area contributed by atoms with Gasteiger partial charge in [0.15, 0.2) is 5.75 Å². The van der Waals surface area contributed by atoms with Crippen LogP contribution in [-0.2, 0) is 4.79 Å². The Morgan fingerprint density at radius 2 is 2.18 bits per heavy atom. The highest BCUT2D eigenvalue weighted by atomic mass is 35.5. The Kier molecular flexibility index (Phi) is 3.10. The lowest BCUT2D eigenvalue weighted by Crippen LogP contribution is -2.31. The molecule has 2 N–H and O–H groups in total. The number of anilines is 2. The van der Waals surface area contributed by atoms with Gasteiger partial charge in [0.2, 0.25) is 5.91 Å². The standard InChI is InChI=1S/C11H12Cl2N2O2/c1-5-4-17-10-8(13)7(14)3-6(12)9(10)15(2)11(5)16/h3,5H,4,14H2,1-2H3. The van der Waals surface area contributed by atoms with Gasteiger partial charge in [-0.1, -0.05) is 30.1 Å². The summed E-state index contributed by atoms with van der Waals surface area (Å²) in [5.74, 6) is 0.0594. The normalized spacial score (nSPS) is 19.6. The highest BCUT2D eigenvalue weighted by molar-refractivity contribution is 6.39. The monoisotopic (exact) mass is 274 g/mol. The number of hydrogen-bond donors (Lipinski definition) is 1. The number of carbonyl (C=O) groups is 1. The summed E-state index contributed by atoms with van der Waals surface area (Å²) in [6.07, 6.45) is 0. The van der Waals surface area contributed by atoms with Gasteiger partial charge in [0.1, 0.15) is 10.7 Å². The zero-order valence-electron chi connectivity index (χ0n) is 9.46. The van der Waals surface area contributed by atoms with E-state index in [1.807, 2.05) is 0 Å². The first-order chi connectivity index (χ1) is 7.93. The molecule has 17 heavy (non-hydrogen) atoms. The first-order valence-electron chi connectivity index (χ1n) is 5.11. The van der Waals surface area contributed by atoms with Gasteiger partial charge in [0, 0.05) is 7.05 Å². The molecule has 0 radical (unpaired) electrons. The van der Waals surface area contributed by atoms with Crippen molar-refractivity contribution in [2.45, 2.75) is 6.92 Å². The number of nitrogens with two attached hydrogens (primary N) is 1. The molecule has 1 atom stereocenters. The van der Waals surface area contributed by atoms with Crippen LogP contribution in [0.2, 0.25) is 10.0 Å². The minimum absolute atomic E-state index is 0.0634. The van der Waals surface area contributed by atoms with Crippen molar-refractivity contribution < 1.29 is 9.53 Å². The molecule has 1 aliphatic rings. The van der Waals surface area contributed by atoms with E-state index in [1.165, 1.54) is 11.0 Å². The lowest BCUT2D eigenvalue weighted by molar-refractivity contribution is -0.122. The molecule has 1 aromatic carbocycles. The predicted molar refractivity (Wildman–Crippen MR) is 68.9 cm³/mol. The summed E-state index contributed by atoms with van der Waals surface area (Å²) in [6, 6.07) is 1.52. The Bertz CT molecular complexity index is 491. The number of fused-ring (bicyclic) bond motifs is 1. The van der Waals surface area contributed by atoms with E-state index in [4.69, 9.17) is 33.7 Å². The van der Waals surface area contributed by atoms with Crippen LogP contribution in [0.15, 0.2) is 6.07 Å². The lowest BCUT2D eigenvalue weighted by Gasteiger charge is -2.20. The van der Waals surface area contributed by atoms with Crippen molar-refractivity contribution in [3.05, 3.63) is 16.1 Å². The van der Waals surface area contributed by atoms with Gasteiger partial charge in [0.25, 0.3) is 0 Å². The van der Waals surface area contributed by atoms with Crippen LogP contribution in [0.1, 0.15) is 6.92 Å². The van der Waals surface area contributed by atoms with E-state index in [9.17, 15) is 4.79 Å². The predicted octanol–water partition coefficient (Wildman–Crippen LogP) is 2.57. The van der Waals surface area contributed by atoms with Crippen LogP contribution in [-0.4, -0.2) is 19.6 Å². The van der Waals surface area contributed by atoms with Crippen molar-refractivity contribution in [1.82, 2.24) is 0 Å². The van der Waals surface area contributed by atoms with Gasteiger partial charge in [-0.15, -0.1) is 0 Å². The SMILES string of the molecule is CC1COc2c(Cl)c(N)cc(Cl)c2N(C)C1=O. The summed E-state index contributed by atoms with van der Waals surface area (Å²) in [7, 11) is 1.64. The lowest BCUT2D eigenvalue weighted by atomic mass is 10.1. The number of amides is 1. The molecule has 1 aromatic rings. The van der Waals surface area contributed by atoms with Crippen LogP contribution in [0.5, 0.6) is 5.75 Å². The smallest absolute Gasteiger partial charge is 0.233 e. The Morgan fingerprint density at radius 3 is 2.82 bits per heavy atom. The molecule has 92 valence electrons. The van der Waals surface area contributed by atoms with Crippen LogP contribution in [0.25, 0.3) is 0 Å². The number of nitrogens with zero attached hydrogens (tertiary/aromatic N) is 1. The molecule has 0 aromatic heterocycles. The molecule has 0 bridgehead atoms. The van der Waals surface area contributed by atoms with Crippen molar-refractivity contribution in [3.8, 4) is 5.75 Å². The topological polar surface area (TPSA) is 55.6 Å². The van der Waals surface area contributed by atoms with E-state index in [0.29, 0.717) is 22.1 Å². The number of nitrogen functional groups attached to an aromatic ring is 1. The minimum atomic E-state index is -0.249. The van der Waals surface area contributed by atoms with Gasteiger partial charge in [-0.3, -0.25) is 4.79 Å².